The Balaban J connectivity index is 1.40. The molecule has 0 heterocycles. The van der Waals surface area contributed by atoms with Crippen molar-refractivity contribution < 1.29 is 52.2 Å². The molecule has 6 N–H and O–H groups in total. The zero-order valence-corrected chi connectivity index (χ0v) is 39.5. The number of halogens is 1. The molecule has 0 spiro atoms. The van der Waals surface area contributed by atoms with E-state index in [2.05, 4.69) is 27.9 Å². The number of nitrogens with zero attached hydrogens (tertiary/aromatic N) is 2. The van der Waals surface area contributed by atoms with E-state index in [1.807, 2.05) is 0 Å². The van der Waals surface area contributed by atoms with Crippen molar-refractivity contribution >= 4 is 35.8 Å². The minimum atomic E-state index is -1.06. The van der Waals surface area contributed by atoms with Gasteiger partial charge in [0.2, 0.25) is 0 Å². The summed E-state index contributed by atoms with van der Waals surface area (Å²) in [6, 6.07) is 9.24. The van der Waals surface area contributed by atoms with E-state index in [4.69, 9.17) is 40.1 Å². The molecule has 2 aromatic carbocycles. The van der Waals surface area contributed by atoms with Crippen LogP contribution in [0.15, 0.2) is 52.8 Å². The zero-order chi connectivity index (χ0) is 47.8. The number of hydrogen-bond acceptors (Lipinski definition) is 12. The number of amidine groups is 2. The summed E-state index contributed by atoms with van der Waals surface area (Å²) in [5.41, 5.74) is 11.1. The maximum absolute atomic E-state index is 15.1. The van der Waals surface area contributed by atoms with Gasteiger partial charge < -0.3 is 50.7 Å². The number of ether oxygens (including phenoxy) is 4. The Bertz CT molecular complexity index is 1910. The van der Waals surface area contributed by atoms with Crippen molar-refractivity contribution in [3.63, 3.8) is 0 Å². The van der Waals surface area contributed by atoms with E-state index in [1.54, 1.807) is 99.6 Å². The van der Waals surface area contributed by atoms with Crippen molar-refractivity contribution in [1.82, 2.24) is 10.6 Å². The number of carbonyl (C=O) groups is 4. The van der Waals surface area contributed by atoms with Crippen LogP contribution >= 0.6 is 0 Å². The smallest absolute Gasteiger partial charge is 0.408 e. The Labute approximate surface area is 377 Å². The molecule has 1 fully saturated rings. The Hall–Kier alpha value is -5.61. The Morgan fingerprint density at radius 2 is 1.25 bits per heavy atom. The molecule has 16 nitrogen and oxygen atoms in total. The van der Waals surface area contributed by atoms with Gasteiger partial charge in [0.15, 0.2) is 11.7 Å². The lowest BCUT2D eigenvalue weighted by Crippen LogP contribution is -2.46. The van der Waals surface area contributed by atoms with Crippen LogP contribution in [0.3, 0.4) is 0 Å². The summed E-state index contributed by atoms with van der Waals surface area (Å²) in [5.74, 6) is -0.807. The van der Waals surface area contributed by atoms with Crippen LogP contribution in [0.4, 0.5) is 14.0 Å². The van der Waals surface area contributed by atoms with Crippen molar-refractivity contribution in [1.29, 1.82) is 0 Å². The molecule has 0 radical (unpaired) electrons. The van der Waals surface area contributed by atoms with Crippen molar-refractivity contribution in [2.45, 2.75) is 144 Å². The Kier molecular flexibility index (Phi) is 20.1. The molecule has 2 aromatic rings. The Morgan fingerprint density at radius 1 is 0.719 bits per heavy atom. The molecule has 0 aliphatic heterocycles. The topological polar surface area (TPSA) is 224 Å². The van der Waals surface area contributed by atoms with Gasteiger partial charge in [0.1, 0.15) is 40.6 Å². The molecule has 5 atom stereocenters. The number of alkyl carbamates (subject to hydrolysis) is 2. The van der Waals surface area contributed by atoms with E-state index < -0.39 is 53.2 Å². The van der Waals surface area contributed by atoms with Crippen LogP contribution in [0.25, 0.3) is 0 Å². The minimum absolute atomic E-state index is 0.00215. The van der Waals surface area contributed by atoms with Gasteiger partial charge in [0, 0.05) is 11.6 Å². The molecule has 17 heteroatoms. The van der Waals surface area contributed by atoms with Crippen molar-refractivity contribution in [3.05, 3.63) is 59.4 Å². The number of carbonyl (C=O) groups excluding carboxylic acids is 4. The number of hydrogen-bond donors (Lipinski definition) is 4. The molecule has 2 amide bonds. The van der Waals surface area contributed by atoms with Gasteiger partial charge in [-0.2, -0.15) is 0 Å². The van der Waals surface area contributed by atoms with Gasteiger partial charge in [0.25, 0.3) is 0 Å². The first kappa shape index (κ1) is 52.7. The number of rotatable bonds is 19. The normalized spacial score (nSPS) is 17.7. The van der Waals surface area contributed by atoms with E-state index in [1.165, 1.54) is 12.1 Å². The number of nitrogens with one attached hydrogen (secondary N) is 2. The molecule has 1 aliphatic rings. The molecule has 0 saturated heterocycles. The summed E-state index contributed by atoms with van der Waals surface area (Å²) >= 11 is 0. The van der Waals surface area contributed by atoms with Gasteiger partial charge in [-0.05, 0) is 140 Å². The lowest BCUT2D eigenvalue weighted by Gasteiger charge is -2.23. The predicted octanol–water partition coefficient (Wildman–Crippen LogP) is 8.32. The van der Waals surface area contributed by atoms with E-state index in [9.17, 15) is 19.2 Å². The summed E-state index contributed by atoms with van der Waals surface area (Å²) in [4.78, 5) is 59.8. The maximum atomic E-state index is 15.1. The van der Waals surface area contributed by atoms with Gasteiger partial charge in [-0.3, -0.25) is 0 Å². The monoisotopic (exact) mass is 899 g/mol. The van der Waals surface area contributed by atoms with Crippen LogP contribution in [0.1, 0.15) is 132 Å². The predicted molar refractivity (Wildman–Crippen MR) is 242 cm³/mol. The number of oxime groups is 2. The minimum Gasteiger partial charge on any atom is -0.494 e. The zero-order valence-electron chi connectivity index (χ0n) is 39.5. The highest BCUT2D eigenvalue weighted by Crippen LogP contribution is 2.34. The molecule has 0 bridgehead atoms. The third-order valence-electron chi connectivity index (χ3n) is 10.5. The van der Waals surface area contributed by atoms with Crippen molar-refractivity contribution in [2.75, 3.05) is 13.2 Å². The fourth-order valence-corrected chi connectivity index (χ4v) is 6.97. The number of benzene rings is 2. The highest BCUT2D eigenvalue weighted by Gasteiger charge is 2.31. The highest BCUT2D eigenvalue weighted by molar-refractivity contribution is 5.98. The van der Waals surface area contributed by atoms with Gasteiger partial charge in [-0.25, -0.2) is 23.6 Å². The lowest BCUT2D eigenvalue weighted by molar-refractivity contribution is -0.148. The van der Waals surface area contributed by atoms with Gasteiger partial charge >= 0.3 is 24.1 Å². The van der Waals surface area contributed by atoms with Crippen LogP contribution in [-0.2, 0) is 28.7 Å². The Morgan fingerprint density at radius 3 is 1.77 bits per heavy atom. The fraction of sp³-hybridized carbons (Fsp3) is 0.617. The van der Waals surface area contributed by atoms with E-state index >= 15 is 4.39 Å². The molecule has 3 rings (SSSR count). The molecule has 0 aromatic heterocycles. The molecule has 3 unspecified atom stereocenters. The van der Waals surface area contributed by atoms with E-state index in [-0.39, 0.29) is 29.1 Å². The molecular formula is C47H71FN6O10. The summed E-state index contributed by atoms with van der Waals surface area (Å²) < 4.78 is 37.6. The van der Waals surface area contributed by atoms with E-state index in [0.717, 1.165) is 44.9 Å². The van der Waals surface area contributed by atoms with Crippen molar-refractivity contribution in [2.24, 2.45) is 51.4 Å². The molecule has 1 aliphatic carbocycles. The number of amides is 2. The van der Waals surface area contributed by atoms with Crippen molar-refractivity contribution in [3.8, 4) is 11.5 Å². The molecule has 1 saturated carbocycles. The second-order valence-electron chi connectivity index (χ2n) is 19.1. The first-order chi connectivity index (χ1) is 29.9. The first-order valence-electron chi connectivity index (χ1n) is 22.2. The average molecular weight is 899 g/mol. The number of nitrogens with two attached hydrogens (primary N) is 2. The summed E-state index contributed by atoms with van der Waals surface area (Å²) in [6.07, 6.45) is 5.74. The molecular weight excluding hydrogens is 828 g/mol. The van der Waals surface area contributed by atoms with E-state index in [0.29, 0.717) is 48.0 Å². The summed E-state index contributed by atoms with van der Waals surface area (Å²) in [7, 11) is 0. The molecule has 356 valence electrons. The van der Waals surface area contributed by atoms with Crippen LogP contribution in [-0.4, -0.2) is 72.3 Å². The second kappa shape index (κ2) is 24.5. The average Bonchev–Trinajstić information content (AvgIpc) is 3.45. The third kappa shape index (κ3) is 18.6. The van der Waals surface area contributed by atoms with Crippen LogP contribution in [0, 0.1) is 35.4 Å². The second-order valence-corrected chi connectivity index (χ2v) is 19.1. The van der Waals surface area contributed by atoms with Crippen LogP contribution < -0.4 is 31.6 Å². The van der Waals surface area contributed by atoms with Crippen LogP contribution in [0.5, 0.6) is 11.5 Å². The van der Waals surface area contributed by atoms with Gasteiger partial charge in [0.05, 0.1) is 18.8 Å². The van der Waals surface area contributed by atoms with Gasteiger partial charge in [-0.1, -0.05) is 57.8 Å². The first-order valence-corrected chi connectivity index (χ1v) is 22.2. The summed E-state index contributed by atoms with van der Waals surface area (Å²) in [6.45, 7) is 20.6. The standard InChI is InChI=1S/C47H71FN6O10/c1-28(2)38(51-44(57)61-46(6,7)8)42(55)63-53-40(49)33-19-21-34(22-20-33)59-25-13-14-30(5)32-16-12-15-31(17-18-32)27-60-35-23-24-36(37(48)26-35)41(50)54-64-43(56)39(29(3)4)52-45(58)62-47(9,10)11/h19-24,26,28-32,38-39H,12-18,25,27H2,1-11H3,(H2,49,53)(H2,50,54)(H,51,57)(H,52,58)/t30?,31?,32?,38-,39-/m0/s1. The van der Waals surface area contributed by atoms with Crippen LogP contribution in [0.2, 0.25) is 0 Å². The summed E-state index contributed by atoms with van der Waals surface area (Å²) in [5, 5.41) is 12.4. The van der Waals surface area contributed by atoms with Gasteiger partial charge in [-0.15, -0.1) is 0 Å². The third-order valence-corrected chi connectivity index (χ3v) is 10.5. The molecule has 64 heavy (non-hydrogen) atoms. The largest absolute Gasteiger partial charge is 0.494 e. The maximum Gasteiger partial charge on any atom is 0.408 e. The highest BCUT2D eigenvalue weighted by atomic mass is 19.1. The fourth-order valence-electron chi connectivity index (χ4n) is 6.97. The quantitative estimate of drug-likeness (QED) is 0.0261. The SMILES string of the molecule is CC(CCCOc1ccc(/C(N)=N/OC(=O)[C@@H](NC(=O)OC(C)(C)C)C(C)C)cc1)C1CCCC(COc2ccc(/C(N)=N/OC(=O)[C@@H](NC(=O)OC(C)(C)C)C(C)C)c(F)c2)CC1. The lowest BCUT2D eigenvalue weighted by atomic mass is 9.84.